The van der Waals surface area contributed by atoms with Crippen molar-refractivity contribution in [3.05, 3.63) is 57.5 Å². The van der Waals surface area contributed by atoms with Crippen molar-refractivity contribution in [2.75, 3.05) is 11.9 Å². The lowest BCUT2D eigenvalue weighted by Crippen LogP contribution is -2.20. The molecule has 0 unspecified atom stereocenters. The van der Waals surface area contributed by atoms with E-state index >= 15 is 0 Å². The number of aromatic carboxylic acids is 1. The van der Waals surface area contributed by atoms with Gasteiger partial charge < -0.3 is 15.2 Å². The molecule has 0 spiro atoms. The van der Waals surface area contributed by atoms with Crippen LogP contribution in [-0.4, -0.2) is 23.6 Å². The van der Waals surface area contributed by atoms with Crippen molar-refractivity contribution in [2.24, 2.45) is 0 Å². The average molecular weight is 385 g/mol. The van der Waals surface area contributed by atoms with E-state index in [0.29, 0.717) is 5.69 Å². The largest absolute Gasteiger partial charge is 0.482 e. The first-order valence-corrected chi connectivity index (χ1v) is 7.34. The number of carboxylic acid groups (broad SMARTS) is 1. The fourth-order valence-corrected chi connectivity index (χ4v) is 2.12. The van der Waals surface area contributed by atoms with Gasteiger partial charge in [-0.3, -0.25) is 4.79 Å². The van der Waals surface area contributed by atoms with Gasteiger partial charge >= 0.3 is 5.97 Å². The zero-order chi connectivity index (χ0) is 16.1. The maximum absolute atomic E-state index is 11.8. The predicted octanol–water partition coefficient (Wildman–Crippen LogP) is 3.82. The lowest BCUT2D eigenvalue weighted by molar-refractivity contribution is -0.118. The molecular weight excluding hydrogens is 374 g/mol. The van der Waals surface area contributed by atoms with Crippen molar-refractivity contribution in [2.45, 2.75) is 0 Å². The molecule has 5 nitrogen and oxygen atoms in total. The van der Waals surface area contributed by atoms with E-state index in [1.165, 1.54) is 18.2 Å². The molecule has 2 aromatic rings. The van der Waals surface area contributed by atoms with Crippen molar-refractivity contribution >= 4 is 45.1 Å². The summed E-state index contributed by atoms with van der Waals surface area (Å²) in [6.45, 7) is -0.234. The summed E-state index contributed by atoms with van der Waals surface area (Å²) in [5.74, 6) is -1.18. The molecule has 2 aromatic carbocycles. The molecule has 0 saturated carbocycles. The third-order valence-electron chi connectivity index (χ3n) is 2.67. The van der Waals surface area contributed by atoms with Gasteiger partial charge in [-0.2, -0.15) is 0 Å². The van der Waals surface area contributed by atoms with Gasteiger partial charge in [-0.1, -0.05) is 27.5 Å². The number of carbonyl (C=O) groups excluding carboxylic acids is 1. The van der Waals surface area contributed by atoms with Crippen molar-refractivity contribution in [1.29, 1.82) is 0 Å². The molecule has 2 N–H and O–H groups in total. The Morgan fingerprint density at radius 2 is 1.86 bits per heavy atom. The van der Waals surface area contributed by atoms with Crippen molar-refractivity contribution in [3.8, 4) is 5.75 Å². The van der Waals surface area contributed by atoms with E-state index in [-0.39, 0.29) is 28.8 Å². The fraction of sp³-hybridized carbons (Fsp3) is 0.0667. The molecular formula is C15H11BrClNO4. The third kappa shape index (κ3) is 4.47. The highest BCUT2D eigenvalue weighted by Crippen LogP contribution is 2.25. The van der Waals surface area contributed by atoms with E-state index in [1.54, 1.807) is 24.3 Å². The van der Waals surface area contributed by atoms with Gasteiger partial charge in [-0.15, -0.1) is 0 Å². The van der Waals surface area contributed by atoms with E-state index in [9.17, 15) is 9.59 Å². The van der Waals surface area contributed by atoms with Gasteiger partial charge in [0.1, 0.15) is 5.75 Å². The molecule has 1 amide bonds. The number of halogens is 2. The quantitative estimate of drug-likeness (QED) is 0.822. The molecule has 0 aliphatic carbocycles. The monoisotopic (exact) mass is 383 g/mol. The normalized spacial score (nSPS) is 10.1. The first-order chi connectivity index (χ1) is 10.5. The van der Waals surface area contributed by atoms with Crippen LogP contribution in [0.5, 0.6) is 5.75 Å². The summed E-state index contributed by atoms with van der Waals surface area (Å²) in [5, 5.41) is 11.6. The van der Waals surface area contributed by atoms with Crippen LogP contribution in [0.15, 0.2) is 46.9 Å². The summed E-state index contributed by atoms with van der Waals surface area (Å²) in [6, 6.07) is 11.1. The second-order valence-corrected chi connectivity index (χ2v) is 5.62. The highest BCUT2D eigenvalue weighted by atomic mass is 79.9. The molecule has 0 fully saturated rings. The smallest absolute Gasteiger partial charge is 0.335 e. The van der Waals surface area contributed by atoms with E-state index in [1.807, 2.05) is 0 Å². The number of rotatable bonds is 5. The Morgan fingerprint density at radius 1 is 1.18 bits per heavy atom. The molecule has 0 aliphatic rings. The van der Waals surface area contributed by atoms with Gasteiger partial charge in [0.25, 0.3) is 5.91 Å². The molecule has 0 radical (unpaired) electrons. The Kier molecular flexibility index (Phi) is 5.41. The third-order valence-corrected chi connectivity index (χ3v) is 3.49. The summed E-state index contributed by atoms with van der Waals surface area (Å²) in [7, 11) is 0. The Bertz CT molecular complexity index is 703. The average Bonchev–Trinajstić information content (AvgIpc) is 2.48. The Hall–Kier alpha value is -2.05. The fourth-order valence-electron chi connectivity index (χ4n) is 1.62. The van der Waals surface area contributed by atoms with Crippen LogP contribution in [0.2, 0.25) is 5.02 Å². The number of carboxylic acids is 1. The SMILES string of the molecule is O=C(COc1ccc(C(=O)O)cc1Cl)Nc1ccc(Br)cc1. The maximum Gasteiger partial charge on any atom is 0.335 e. The highest BCUT2D eigenvalue weighted by Gasteiger charge is 2.10. The van der Waals surface area contributed by atoms with E-state index in [0.717, 1.165) is 4.47 Å². The van der Waals surface area contributed by atoms with Crippen molar-refractivity contribution in [3.63, 3.8) is 0 Å². The molecule has 22 heavy (non-hydrogen) atoms. The zero-order valence-corrected chi connectivity index (χ0v) is 13.5. The Balaban J connectivity index is 1.93. The maximum atomic E-state index is 11.8. The van der Waals surface area contributed by atoms with Gasteiger partial charge in [0.2, 0.25) is 0 Å². The number of hydrogen-bond donors (Lipinski definition) is 2. The number of benzene rings is 2. The first-order valence-electron chi connectivity index (χ1n) is 6.17. The van der Waals surface area contributed by atoms with Crippen molar-refractivity contribution in [1.82, 2.24) is 0 Å². The van der Waals surface area contributed by atoms with Gasteiger partial charge in [0, 0.05) is 10.2 Å². The van der Waals surface area contributed by atoms with Crippen LogP contribution < -0.4 is 10.1 Å². The lowest BCUT2D eigenvalue weighted by atomic mass is 10.2. The van der Waals surface area contributed by atoms with E-state index in [4.69, 9.17) is 21.4 Å². The number of hydrogen-bond acceptors (Lipinski definition) is 3. The zero-order valence-electron chi connectivity index (χ0n) is 11.2. The number of ether oxygens (including phenoxy) is 1. The van der Waals surface area contributed by atoms with Gasteiger partial charge in [0.05, 0.1) is 10.6 Å². The first kappa shape index (κ1) is 16.3. The van der Waals surface area contributed by atoms with Crippen LogP contribution in [0.1, 0.15) is 10.4 Å². The van der Waals surface area contributed by atoms with Gasteiger partial charge in [0.15, 0.2) is 6.61 Å². The highest BCUT2D eigenvalue weighted by molar-refractivity contribution is 9.10. The predicted molar refractivity (Wildman–Crippen MR) is 86.7 cm³/mol. The second-order valence-electron chi connectivity index (χ2n) is 4.29. The number of nitrogens with one attached hydrogen (secondary N) is 1. The standard InChI is InChI=1S/C15H11BrClNO4/c16-10-2-4-11(5-3-10)18-14(19)8-22-13-6-1-9(15(20)21)7-12(13)17/h1-7H,8H2,(H,18,19)(H,20,21). The minimum Gasteiger partial charge on any atom is -0.482 e. The molecule has 0 heterocycles. The van der Waals surface area contributed by atoms with E-state index in [2.05, 4.69) is 21.2 Å². The lowest BCUT2D eigenvalue weighted by Gasteiger charge is -2.09. The molecule has 0 atom stereocenters. The summed E-state index contributed by atoms with van der Waals surface area (Å²) in [6.07, 6.45) is 0. The molecule has 0 aliphatic heterocycles. The van der Waals surface area contributed by atoms with E-state index < -0.39 is 5.97 Å². The van der Waals surface area contributed by atoms with Crippen LogP contribution in [0.25, 0.3) is 0 Å². The summed E-state index contributed by atoms with van der Waals surface area (Å²) >= 11 is 9.21. The number of anilines is 1. The van der Waals surface area contributed by atoms with Crippen LogP contribution >= 0.6 is 27.5 Å². The molecule has 0 bridgehead atoms. The number of amides is 1. The van der Waals surface area contributed by atoms with Crippen LogP contribution in [0, 0.1) is 0 Å². The summed E-state index contributed by atoms with van der Waals surface area (Å²) in [5.41, 5.74) is 0.695. The van der Waals surface area contributed by atoms with Gasteiger partial charge in [-0.05, 0) is 42.5 Å². The minimum absolute atomic E-state index is 0.0525. The minimum atomic E-state index is -1.08. The molecule has 7 heteroatoms. The molecule has 0 aromatic heterocycles. The second kappa shape index (κ2) is 7.29. The van der Waals surface area contributed by atoms with Gasteiger partial charge in [-0.25, -0.2) is 4.79 Å². The Morgan fingerprint density at radius 3 is 2.45 bits per heavy atom. The number of carbonyl (C=O) groups is 2. The van der Waals surface area contributed by atoms with Crippen LogP contribution in [0.4, 0.5) is 5.69 Å². The summed E-state index contributed by atoms with van der Waals surface area (Å²) in [4.78, 5) is 22.6. The topological polar surface area (TPSA) is 75.6 Å². The molecule has 0 saturated heterocycles. The molecule has 2 rings (SSSR count). The van der Waals surface area contributed by atoms with Crippen LogP contribution in [-0.2, 0) is 4.79 Å². The van der Waals surface area contributed by atoms with Crippen molar-refractivity contribution < 1.29 is 19.4 Å². The Labute approximate surface area is 140 Å². The van der Waals surface area contributed by atoms with Crippen LogP contribution in [0.3, 0.4) is 0 Å². The summed E-state index contributed by atoms with van der Waals surface area (Å²) < 4.78 is 6.19. The molecule has 114 valence electrons.